The fourth-order valence-electron chi connectivity index (χ4n) is 1.24. The molecule has 2 rings (SSSR count). The van der Waals surface area contributed by atoms with Crippen LogP contribution >= 0.6 is 12.2 Å². The highest BCUT2D eigenvalue weighted by molar-refractivity contribution is 7.80. The van der Waals surface area contributed by atoms with Gasteiger partial charge in [-0.3, -0.25) is 0 Å². The van der Waals surface area contributed by atoms with Crippen molar-refractivity contribution in [3.63, 3.8) is 0 Å². The zero-order chi connectivity index (χ0) is 10.1. The molecule has 0 unspecified atom stereocenters. The van der Waals surface area contributed by atoms with Crippen LogP contribution in [-0.2, 0) is 11.3 Å². The summed E-state index contributed by atoms with van der Waals surface area (Å²) in [5.41, 5.74) is 1.85. The van der Waals surface area contributed by atoms with Crippen LogP contribution in [0.5, 0.6) is 0 Å². The lowest BCUT2D eigenvalue weighted by Gasteiger charge is -2.19. The number of carboxylic acid groups (broad SMARTS) is 1. The number of carboxylic acids is 1. The van der Waals surface area contributed by atoms with Crippen LogP contribution in [0.3, 0.4) is 0 Å². The number of ether oxygens (including phenoxy) is 1. The van der Waals surface area contributed by atoms with Crippen molar-refractivity contribution in [3.8, 4) is 0 Å². The minimum absolute atomic E-state index is 0.237. The summed E-state index contributed by atoms with van der Waals surface area (Å²) >= 11 is 4.81. The first kappa shape index (κ1) is 8.96. The van der Waals surface area contributed by atoms with Crippen LogP contribution in [0.4, 0.5) is 5.69 Å². The zero-order valence-electron chi connectivity index (χ0n) is 7.11. The van der Waals surface area contributed by atoms with Gasteiger partial charge in [0.1, 0.15) is 6.61 Å². The van der Waals surface area contributed by atoms with Crippen LogP contribution in [0.1, 0.15) is 15.9 Å². The Labute approximate surface area is 85.5 Å². The van der Waals surface area contributed by atoms with Crippen molar-refractivity contribution >= 4 is 29.0 Å². The Balaban J connectivity index is 2.42. The number of aromatic carboxylic acids is 1. The largest absolute Gasteiger partial charge is 0.478 e. The summed E-state index contributed by atoms with van der Waals surface area (Å²) < 4.78 is 5.08. The molecule has 5 heteroatoms. The summed E-state index contributed by atoms with van der Waals surface area (Å²) in [6, 6.07) is 4.81. The van der Waals surface area contributed by atoms with Crippen molar-refractivity contribution in [1.29, 1.82) is 0 Å². The van der Waals surface area contributed by atoms with Gasteiger partial charge in [-0.25, -0.2) is 4.79 Å². The number of benzene rings is 1. The zero-order valence-corrected chi connectivity index (χ0v) is 7.93. The van der Waals surface area contributed by atoms with Gasteiger partial charge in [0.25, 0.3) is 5.17 Å². The SMILES string of the molecule is O=C(O)c1ccc2c(c1)NC(=S)OC2. The molecule has 0 aromatic heterocycles. The summed E-state index contributed by atoms with van der Waals surface area (Å²) in [6.07, 6.45) is 0. The smallest absolute Gasteiger partial charge is 0.335 e. The minimum Gasteiger partial charge on any atom is -0.478 e. The van der Waals surface area contributed by atoms with Gasteiger partial charge < -0.3 is 15.2 Å². The number of anilines is 1. The maximum Gasteiger partial charge on any atom is 0.335 e. The second-order valence-corrected chi connectivity index (χ2v) is 3.25. The average Bonchev–Trinajstić information content (AvgIpc) is 2.16. The van der Waals surface area contributed by atoms with Crippen LogP contribution in [0.15, 0.2) is 18.2 Å². The van der Waals surface area contributed by atoms with E-state index in [2.05, 4.69) is 5.32 Å². The lowest BCUT2D eigenvalue weighted by atomic mass is 10.1. The molecule has 0 amide bonds. The fraction of sp³-hybridized carbons (Fsp3) is 0.111. The van der Waals surface area contributed by atoms with Gasteiger partial charge in [0.2, 0.25) is 0 Å². The third-order valence-electron chi connectivity index (χ3n) is 1.95. The molecule has 1 aliphatic rings. The van der Waals surface area contributed by atoms with E-state index in [4.69, 9.17) is 22.1 Å². The minimum atomic E-state index is -0.952. The number of fused-ring (bicyclic) bond motifs is 1. The quantitative estimate of drug-likeness (QED) is 0.688. The Kier molecular flexibility index (Phi) is 2.09. The number of hydrogen-bond acceptors (Lipinski definition) is 3. The highest BCUT2D eigenvalue weighted by Crippen LogP contribution is 2.22. The lowest BCUT2D eigenvalue weighted by molar-refractivity contribution is 0.0697. The van der Waals surface area contributed by atoms with Crippen LogP contribution in [0.25, 0.3) is 0 Å². The fourth-order valence-corrected chi connectivity index (χ4v) is 1.41. The van der Waals surface area contributed by atoms with Gasteiger partial charge in [-0.05, 0) is 24.4 Å². The topological polar surface area (TPSA) is 58.6 Å². The van der Waals surface area contributed by atoms with Gasteiger partial charge in [-0.2, -0.15) is 0 Å². The molecular formula is C9H7NO3S. The maximum atomic E-state index is 10.7. The van der Waals surface area contributed by atoms with E-state index in [1.165, 1.54) is 0 Å². The van der Waals surface area contributed by atoms with E-state index in [0.29, 0.717) is 12.3 Å². The van der Waals surface area contributed by atoms with Crippen molar-refractivity contribution in [2.75, 3.05) is 5.32 Å². The van der Waals surface area contributed by atoms with Gasteiger partial charge in [0.15, 0.2) is 0 Å². The van der Waals surface area contributed by atoms with E-state index in [9.17, 15) is 4.79 Å². The van der Waals surface area contributed by atoms with Gasteiger partial charge in [0.05, 0.1) is 5.56 Å². The van der Waals surface area contributed by atoms with Crippen LogP contribution < -0.4 is 5.32 Å². The van der Waals surface area contributed by atoms with Gasteiger partial charge in [-0.1, -0.05) is 6.07 Å². The first-order chi connectivity index (χ1) is 6.66. The molecule has 14 heavy (non-hydrogen) atoms. The van der Waals surface area contributed by atoms with E-state index >= 15 is 0 Å². The van der Waals surface area contributed by atoms with E-state index in [1.54, 1.807) is 18.2 Å². The summed E-state index contributed by atoms with van der Waals surface area (Å²) in [5.74, 6) is -0.952. The molecule has 72 valence electrons. The van der Waals surface area contributed by atoms with Crippen LogP contribution in [0, 0.1) is 0 Å². The number of rotatable bonds is 1. The molecule has 0 fully saturated rings. The molecule has 1 aliphatic heterocycles. The molecule has 0 spiro atoms. The third kappa shape index (κ3) is 1.54. The van der Waals surface area contributed by atoms with E-state index in [-0.39, 0.29) is 10.7 Å². The first-order valence-electron chi connectivity index (χ1n) is 3.97. The van der Waals surface area contributed by atoms with E-state index in [1.807, 2.05) is 0 Å². The molecule has 1 aromatic rings. The molecule has 1 heterocycles. The highest BCUT2D eigenvalue weighted by Gasteiger charge is 2.14. The molecule has 0 saturated carbocycles. The number of hydrogen-bond donors (Lipinski definition) is 2. The molecule has 2 N–H and O–H groups in total. The molecule has 0 aliphatic carbocycles. The molecule has 4 nitrogen and oxygen atoms in total. The van der Waals surface area contributed by atoms with Gasteiger partial charge in [0, 0.05) is 11.3 Å². The summed E-state index contributed by atoms with van der Waals surface area (Å²) in [5, 5.41) is 11.8. The second kappa shape index (κ2) is 3.26. The van der Waals surface area contributed by atoms with E-state index < -0.39 is 5.97 Å². The Morgan fingerprint density at radius 2 is 2.36 bits per heavy atom. The monoisotopic (exact) mass is 209 g/mol. The summed E-state index contributed by atoms with van der Waals surface area (Å²) in [4.78, 5) is 10.7. The van der Waals surface area contributed by atoms with Crippen molar-refractivity contribution in [3.05, 3.63) is 29.3 Å². The van der Waals surface area contributed by atoms with E-state index in [0.717, 1.165) is 5.56 Å². The lowest BCUT2D eigenvalue weighted by Crippen LogP contribution is -2.20. The van der Waals surface area contributed by atoms with Crippen molar-refractivity contribution < 1.29 is 14.6 Å². The summed E-state index contributed by atoms with van der Waals surface area (Å²) in [7, 11) is 0. The molecular weight excluding hydrogens is 202 g/mol. The predicted octanol–water partition coefficient (Wildman–Crippen LogP) is 1.61. The van der Waals surface area contributed by atoms with Crippen LogP contribution in [-0.4, -0.2) is 16.3 Å². The Morgan fingerprint density at radius 3 is 3.07 bits per heavy atom. The third-order valence-corrected chi connectivity index (χ3v) is 2.17. The maximum absolute atomic E-state index is 10.7. The number of carbonyl (C=O) groups is 1. The molecule has 0 radical (unpaired) electrons. The standard InChI is InChI=1S/C9H7NO3S/c11-8(12)5-1-2-6-4-13-9(14)10-7(6)3-5/h1-3H,4H2,(H,10,14)(H,11,12). The van der Waals surface area contributed by atoms with Gasteiger partial charge in [-0.15, -0.1) is 0 Å². The second-order valence-electron chi connectivity index (χ2n) is 2.88. The normalized spacial score (nSPS) is 13.9. The van der Waals surface area contributed by atoms with Crippen molar-refractivity contribution in [2.24, 2.45) is 0 Å². The summed E-state index contributed by atoms with van der Waals surface area (Å²) in [6.45, 7) is 0.390. The Morgan fingerprint density at radius 1 is 1.57 bits per heavy atom. The molecule has 0 saturated heterocycles. The number of nitrogens with one attached hydrogen (secondary N) is 1. The van der Waals surface area contributed by atoms with Crippen LogP contribution in [0.2, 0.25) is 0 Å². The molecule has 0 atom stereocenters. The average molecular weight is 209 g/mol. The highest BCUT2D eigenvalue weighted by atomic mass is 32.1. The Hall–Kier alpha value is -1.62. The predicted molar refractivity (Wildman–Crippen MR) is 54.4 cm³/mol. The van der Waals surface area contributed by atoms with Crippen molar-refractivity contribution in [2.45, 2.75) is 6.61 Å². The van der Waals surface area contributed by atoms with Crippen molar-refractivity contribution in [1.82, 2.24) is 0 Å². The first-order valence-corrected chi connectivity index (χ1v) is 4.37. The molecule has 1 aromatic carbocycles. The van der Waals surface area contributed by atoms with Gasteiger partial charge >= 0.3 is 5.97 Å². The Bertz CT molecular complexity index is 417. The molecule has 0 bridgehead atoms. The number of thiocarbonyl (C=S) groups is 1.